The van der Waals surface area contributed by atoms with Crippen LogP contribution in [-0.2, 0) is 4.79 Å². The maximum Gasteiger partial charge on any atom is 0.244 e. The number of allylic oxidation sites excluding steroid dienone is 3. The molecule has 108 valence electrons. The first-order valence-electron chi connectivity index (χ1n) is 7.28. The van der Waals surface area contributed by atoms with Crippen LogP contribution in [0.2, 0.25) is 0 Å². The number of likely N-dealkylation sites (tertiary alicyclic amines) is 1. The molecule has 0 aromatic rings. The summed E-state index contributed by atoms with van der Waals surface area (Å²) in [6.45, 7) is 11.6. The zero-order valence-electron chi connectivity index (χ0n) is 12.8. The van der Waals surface area contributed by atoms with E-state index in [1.165, 1.54) is 12.8 Å². The van der Waals surface area contributed by atoms with E-state index in [2.05, 4.69) is 31.0 Å². The van der Waals surface area contributed by atoms with Crippen LogP contribution in [0.25, 0.3) is 0 Å². The lowest BCUT2D eigenvalue weighted by Crippen LogP contribution is -2.54. The lowest BCUT2D eigenvalue weighted by Gasteiger charge is -2.43. The summed E-state index contributed by atoms with van der Waals surface area (Å²) in [5.41, 5.74) is 0.0266. The minimum absolute atomic E-state index is 0.0174. The van der Waals surface area contributed by atoms with Crippen molar-refractivity contribution < 1.29 is 4.79 Å². The fourth-order valence-corrected chi connectivity index (χ4v) is 2.47. The predicted molar refractivity (Wildman–Crippen MR) is 81.0 cm³/mol. The van der Waals surface area contributed by atoms with Crippen LogP contribution in [-0.4, -0.2) is 36.0 Å². The molecule has 1 saturated heterocycles. The van der Waals surface area contributed by atoms with Gasteiger partial charge in [0.1, 0.15) is 0 Å². The highest BCUT2D eigenvalue weighted by Gasteiger charge is 2.30. The van der Waals surface area contributed by atoms with E-state index in [-0.39, 0.29) is 11.4 Å². The fourth-order valence-electron chi connectivity index (χ4n) is 2.47. The zero-order chi connectivity index (χ0) is 14.3. The van der Waals surface area contributed by atoms with Gasteiger partial charge in [-0.05, 0) is 46.1 Å². The summed E-state index contributed by atoms with van der Waals surface area (Å²) in [4.78, 5) is 14.2. The average molecular weight is 264 g/mol. The molecule has 1 rings (SSSR count). The number of rotatable bonds is 5. The van der Waals surface area contributed by atoms with E-state index in [4.69, 9.17) is 0 Å². The van der Waals surface area contributed by atoms with Crippen LogP contribution in [0.15, 0.2) is 24.3 Å². The van der Waals surface area contributed by atoms with Gasteiger partial charge in [0, 0.05) is 24.7 Å². The predicted octanol–water partition coefficient (Wildman–Crippen LogP) is 2.75. The maximum atomic E-state index is 11.7. The van der Waals surface area contributed by atoms with E-state index in [0.717, 1.165) is 19.0 Å². The van der Waals surface area contributed by atoms with Gasteiger partial charge in [-0.25, -0.2) is 0 Å². The van der Waals surface area contributed by atoms with Gasteiger partial charge >= 0.3 is 0 Å². The van der Waals surface area contributed by atoms with Crippen molar-refractivity contribution in [3.05, 3.63) is 24.3 Å². The highest BCUT2D eigenvalue weighted by molar-refractivity contribution is 5.87. The number of carbonyl (C=O) groups is 1. The van der Waals surface area contributed by atoms with Crippen LogP contribution >= 0.6 is 0 Å². The maximum absolute atomic E-state index is 11.7. The molecule has 3 nitrogen and oxygen atoms in total. The minimum Gasteiger partial charge on any atom is -0.351 e. The van der Waals surface area contributed by atoms with Crippen molar-refractivity contribution in [3.63, 3.8) is 0 Å². The molecule has 0 bridgehead atoms. The van der Waals surface area contributed by atoms with Crippen molar-refractivity contribution in [2.45, 2.75) is 46.1 Å². The molecule has 1 unspecified atom stereocenters. The Bertz CT molecular complexity index is 345. The van der Waals surface area contributed by atoms with Crippen molar-refractivity contribution in [1.29, 1.82) is 0 Å². The summed E-state index contributed by atoms with van der Waals surface area (Å²) < 4.78 is 0. The second-order valence-electron chi connectivity index (χ2n) is 6.11. The van der Waals surface area contributed by atoms with Gasteiger partial charge in [0.05, 0.1) is 0 Å². The lowest BCUT2D eigenvalue weighted by atomic mass is 9.93. The van der Waals surface area contributed by atoms with Crippen LogP contribution in [0.3, 0.4) is 0 Å². The number of hydrogen-bond donors (Lipinski definition) is 1. The molecule has 3 heteroatoms. The number of amides is 1. The van der Waals surface area contributed by atoms with Gasteiger partial charge in [-0.15, -0.1) is 0 Å². The van der Waals surface area contributed by atoms with E-state index in [1.54, 1.807) is 12.2 Å². The average Bonchev–Trinajstić information content (AvgIpc) is 2.37. The van der Waals surface area contributed by atoms with Gasteiger partial charge in [0.2, 0.25) is 5.91 Å². The highest BCUT2D eigenvalue weighted by atomic mass is 16.1. The second-order valence-corrected chi connectivity index (χ2v) is 6.11. The molecule has 1 heterocycles. The highest BCUT2D eigenvalue weighted by Crippen LogP contribution is 2.23. The van der Waals surface area contributed by atoms with Crippen LogP contribution in [0.4, 0.5) is 0 Å². The molecular weight excluding hydrogens is 236 g/mol. The summed E-state index contributed by atoms with van der Waals surface area (Å²) in [6.07, 6.45) is 9.70. The Morgan fingerprint density at radius 2 is 2.16 bits per heavy atom. The van der Waals surface area contributed by atoms with Crippen LogP contribution in [0.5, 0.6) is 0 Å². The standard InChI is InChI=1S/C16H28N2O/c1-5-6-7-10-15(19)17-13-16(3,4)18-11-8-9-14(2)12-18/h5-7,10,14H,8-9,11-13H2,1-4H3,(H,17,19)/b6-5+,10-7+. The van der Waals surface area contributed by atoms with Gasteiger partial charge in [-0.3, -0.25) is 9.69 Å². The smallest absolute Gasteiger partial charge is 0.244 e. The molecule has 1 fully saturated rings. The van der Waals surface area contributed by atoms with E-state index in [1.807, 2.05) is 19.1 Å². The Morgan fingerprint density at radius 1 is 1.42 bits per heavy atom. The summed E-state index contributed by atoms with van der Waals surface area (Å²) in [7, 11) is 0. The molecule has 19 heavy (non-hydrogen) atoms. The summed E-state index contributed by atoms with van der Waals surface area (Å²) in [6, 6.07) is 0. The van der Waals surface area contributed by atoms with Crippen LogP contribution < -0.4 is 5.32 Å². The van der Waals surface area contributed by atoms with Gasteiger partial charge in [-0.2, -0.15) is 0 Å². The van der Waals surface area contributed by atoms with Crippen molar-refractivity contribution >= 4 is 5.91 Å². The molecule has 1 amide bonds. The molecule has 0 spiro atoms. The molecule has 1 aliphatic rings. The number of hydrogen-bond acceptors (Lipinski definition) is 2. The lowest BCUT2D eigenvalue weighted by molar-refractivity contribution is -0.117. The fraction of sp³-hybridized carbons (Fsp3) is 0.688. The third-order valence-electron chi connectivity index (χ3n) is 3.76. The number of nitrogens with zero attached hydrogens (tertiary/aromatic N) is 1. The Labute approximate surface area is 117 Å². The van der Waals surface area contributed by atoms with Gasteiger partial charge < -0.3 is 5.32 Å². The van der Waals surface area contributed by atoms with E-state index >= 15 is 0 Å². The van der Waals surface area contributed by atoms with Gasteiger partial charge in [-0.1, -0.05) is 25.2 Å². The summed E-state index contributed by atoms with van der Waals surface area (Å²) >= 11 is 0. The first-order chi connectivity index (χ1) is 8.95. The Hall–Kier alpha value is -1.09. The second kappa shape index (κ2) is 7.49. The summed E-state index contributed by atoms with van der Waals surface area (Å²) in [5, 5.41) is 2.99. The number of piperidine rings is 1. The van der Waals surface area contributed by atoms with Gasteiger partial charge in [0.25, 0.3) is 0 Å². The molecule has 0 aromatic heterocycles. The normalized spacial score (nSPS) is 22.2. The topological polar surface area (TPSA) is 32.3 Å². The minimum atomic E-state index is -0.0174. The van der Waals surface area contributed by atoms with E-state index < -0.39 is 0 Å². The molecule has 0 radical (unpaired) electrons. The van der Waals surface area contributed by atoms with E-state index in [0.29, 0.717) is 6.54 Å². The Kier molecular flexibility index (Phi) is 6.29. The van der Waals surface area contributed by atoms with Crippen molar-refractivity contribution in [2.75, 3.05) is 19.6 Å². The molecule has 1 aliphatic heterocycles. The van der Waals surface area contributed by atoms with Crippen molar-refractivity contribution in [2.24, 2.45) is 5.92 Å². The first kappa shape index (κ1) is 16.0. The molecule has 1 atom stereocenters. The third kappa shape index (κ3) is 5.60. The van der Waals surface area contributed by atoms with E-state index in [9.17, 15) is 4.79 Å². The third-order valence-corrected chi connectivity index (χ3v) is 3.76. The monoisotopic (exact) mass is 264 g/mol. The number of carbonyl (C=O) groups excluding carboxylic acids is 1. The Balaban J connectivity index is 2.43. The van der Waals surface area contributed by atoms with Crippen LogP contribution in [0, 0.1) is 5.92 Å². The molecule has 1 N–H and O–H groups in total. The first-order valence-corrected chi connectivity index (χ1v) is 7.28. The van der Waals surface area contributed by atoms with Crippen LogP contribution in [0.1, 0.15) is 40.5 Å². The quantitative estimate of drug-likeness (QED) is 0.612. The van der Waals surface area contributed by atoms with Crippen molar-refractivity contribution in [3.8, 4) is 0 Å². The molecule has 0 aromatic carbocycles. The molecule has 0 saturated carbocycles. The molecule has 0 aliphatic carbocycles. The number of nitrogens with one attached hydrogen (secondary N) is 1. The summed E-state index contributed by atoms with van der Waals surface area (Å²) in [5.74, 6) is 0.745. The SMILES string of the molecule is C/C=C/C=C/C(=O)NCC(C)(C)N1CCCC(C)C1. The van der Waals surface area contributed by atoms with Crippen molar-refractivity contribution in [1.82, 2.24) is 10.2 Å². The molecular formula is C16H28N2O. The van der Waals surface area contributed by atoms with Gasteiger partial charge in [0.15, 0.2) is 0 Å². The Morgan fingerprint density at radius 3 is 2.79 bits per heavy atom. The zero-order valence-corrected chi connectivity index (χ0v) is 12.8. The largest absolute Gasteiger partial charge is 0.351 e.